The molecule has 0 amide bonds. The second-order valence-corrected chi connectivity index (χ2v) is 19.8. The number of hydrogen-bond acceptors (Lipinski definition) is 6. The number of carbonyl (C=O) groups is 3. The predicted octanol–water partition coefficient (Wildman–Crippen LogP) is 21.2. The smallest absolute Gasteiger partial charge is 0.306 e. The van der Waals surface area contributed by atoms with Crippen molar-refractivity contribution in [2.75, 3.05) is 13.2 Å². The molecular formula is C70H112O6. The largest absolute Gasteiger partial charge is 0.462 e. The highest BCUT2D eigenvalue weighted by Gasteiger charge is 2.19. The zero-order valence-corrected chi connectivity index (χ0v) is 49.0. The molecule has 0 saturated carbocycles. The number of allylic oxidation sites excluding steroid dienone is 24. The van der Waals surface area contributed by atoms with E-state index in [0.717, 1.165) is 161 Å². The van der Waals surface area contributed by atoms with Crippen LogP contribution in [0.5, 0.6) is 0 Å². The minimum Gasteiger partial charge on any atom is -0.462 e. The first kappa shape index (κ1) is 71.3. The lowest BCUT2D eigenvalue weighted by Gasteiger charge is -2.18. The maximum Gasteiger partial charge on any atom is 0.306 e. The number of ether oxygens (including phenoxy) is 3. The standard InChI is InChI=1S/C70H112O6/c1-4-7-10-13-16-19-22-25-28-31-32-33-34-35-36-37-38-40-42-45-48-51-54-57-60-63-69(72)75-66-67(65-74-68(71)62-59-56-53-50-47-44-41-30-27-24-21-18-15-12-9-6-3)76-70(73)64-61-58-55-52-49-46-43-39-29-26-23-20-17-14-11-8-5-2/h7-8,10-11,16-17,19-20,25-26,28-30,32-33,35-36,38,40-41,43,45-46,48,67H,4-6,9,12-15,18,21-24,27,31,34,37,39,42,44,47,49-66H2,1-3H3/b10-7-,11-8-,19-16-,20-17-,28-25-,29-26-,33-32-,36-35-,40-38-,41-30-,46-43-,48-45-. The SMILES string of the molecule is CC/C=C\C/C=C\C/C=C\C/C=C\C/C=C\C/C=C\C/C=C\CCCCCC(=O)OCC(COC(=O)CCCCCCC/C=C\CCCCCCCCC)OC(=O)CCCCCC/C=C\C/C=C\C/C=C\C/C=C\CC. The minimum atomic E-state index is -0.816. The Morgan fingerprint density at radius 2 is 0.513 bits per heavy atom. The van der Waals surface area contributed by atoms with Crippen LogP contribution in [0.25, 0.3) is 0 Å². The second-order valence-electron chi connectivity index (χ2n) is 19.8. The first-order chi connectivity index (χ1) is 37.5. The molecule has 1 atom stereocenters. The summed E-state index contributed by atoms with van der Waals surface area (Å²) in [6.07, 6.45) is 89.8. The molecule has 0 aromatic rings. The Labute approximate surface area is 467 Å². The molecule has 0 aliphatic heterocycles. The lowest BCUT2D eigenvalue weighted by atomic mass is 10.1. The van der Waals surface area contributed by atoms with Gasteiger partial charge >= 0.3 is 17.9 Å². The molecule has 0 bridgehead atoms. The molecule has 0 heterocycles. The number of carbonyl (C=O) groups excluding carboxylic acids is 3. The molecule has 0 saturated heterocycles. The Morgan fingerprint density at radius 3 is 0.829 bits per heavy atom. The Hall–Kier alpha value is -4.71. The van der Waals surface area contributed by atoms with Crippen molar-refractivity contribution >= 4 is 17.9 Å². The van der Waals surface area contributed by atoms with E-state index in [9.17, 15) is 14.4 Å². The van der Waals surface area contributed by atoms with E-state index < -0.39 is 6.10 Å². The Morgan fingerprint density at radius 1 is 0.276 bits per heavy atom. The molecule has 0 aliphatic rings. The van der Waals surface area contributed by atoms with Gasteiger partial charge < -0.3 is 14.2 Å². The second kappa shape index (κ2) is 62.8. The fourth-order valence-electron chi connectivity index (χ4n) is 8.00. The Bertz CT molecular complexity index is 1680. The first-order valence-corrected chi connectivity index (χ1v) is 30.8. The van der Waals surface area contributed by atoms with Crippen molar-refractivity contribution in [3.8, 4) is 0 Å². The van der Waals surface area contributed by atoms with Gasteiger partial charge in [0.15, 0.2) is 6.10 Å². The van der Waals surface area contributed by atoms with E-state index in [0.29, 0.717) is 12.8 Å². The molecule has 0 aromatic carbocycles. The van der Waals surface area contributed by atoms with Crippen LogP contribution in [0.4, 0.5) is 0 Å². The predicted molar refractivity (Wildman–Crippen MR) is 329 cm³/mol. The maximum absolute atomic E-state index is 12.9. The molecule has 76 heavy (non-hydrogen) atoms. The average Bonchev–Trinajstić information content (AvgIpc) is 3.42. The van der Waals surface area contributed by atoms with Crippen LogP contribution in [0.1, 0.15) is 258 Å². The van der Waals surface area contributed by atoms with Gasteiger partial charge in [-0.25, -0.2) is 0 Å². The van der Waals surface area contributed by atoms with E-state index >= 15 is 0 Å². The van der Waals surface area contributed by atoms with Crippen LogP contribution in [0.3, 0.4) is 0 Å². The van der Waals surface area contributed by atoms with E-state index in [4.69, 9.17) is 14.2 Å². The van der Waals surface area contributed by atoms with E-state index in [1.54, 1.807) is 0 Å². The molecule has 0 rings (SSSR count). The average molecular weight is 1050 g/mol. The van der Waals surface area contributed by atoms with Crippen molar-refractivity contribution in [2.24, 2.45) is 0 Å². The molecule has 0 spiro atoms. The van der Waals surface area contributed by atoms with Crippen LogP contribution < -0.4 is 0 Å². The van der Waals surface area contributed by atoms with Gasteiger partial charge in [0, 0.05) is 19.3 Å². The van der Waals surface area contributed by atoms with Crippen LogP contribution in [-0.4, -0.2) is 37.2 Å². The molecule has 0 radical (unpaired) electrons. The molecule has 0 N–H and O–H groups in total. The summed E-state index contributed by atoms with van der Waals surface area (Å²) in [6.45, 7) is 6.35. The molecule has 6 nitrogen and oxygen atoms in total. The van der Waals surface area contributed by atoms with Gasteiger partial charge in [0.2, 0.25) is 0 Å². The van der Waals surface area contributed by atoms with Gasteiger partial charge in [-0.1, -0.05) is 244 Å². The highest BCUT2D eigenvalue weighted by molar-refractivity contribution is 5.71. The van der Waals surface area contributed by atoms with Gasteiger partial charge in [0.05, 0.1) is 0 Å². The summed E-state index contributed by atoms with van der Waals surface area (Å²) in [5.74, 6) is -0.976. The van der Waals surface area contributed by atoms with Crippen LogP contribution in [0.2, 0.25) is 0 Å². The maximum atomic E-state index is 12.9. The van der Waals surface area contributed by atoms with Crippen molar-refractivity contribution in [1.82, 2.24) is 0 Å². The van der Waals surface area contributed by atoms with Crippen molar-refractivity contribution < 1.29 is 28.6 Å². The monoisotopic (exact) mass is 1050 g/mol. The Balaban J connectivity index is 4.51. The Kier molecular flexibility index (Phi) is 58.9. The van der Waals surface area contributed by atoms with Crippen LogP contribution in [0.15, 0.2) is 146 Å². The van der Waals surface area contributed by atoms with Crippen molar-refractivity contribution in [2.45, 2.75) is 264 Å². The van der Waals surface area contributed by atoms with E-state index in [1.165, 1.54) is 57.8 Å². The summed E-state index contributed by atoms with van der Waals surface area (Å²) in [7, 11) is 0. The van der Waals surface area contributed by atoms with Gasteiger partial charge in [-0.2, -0.15) is 0 Å². The summed E-state index contributed by atoms with van der Waals surface area (Å²) < 4.78 is 16.9. The van der Waals surface area contributed by atoms with Gasteiger partial charge in [0.1, 0.15) is 13.2 Å². The molecule has 0 aliphatic carbocycles. The fourth-order valence-corrected chi connectivity index (χ4v) is 8.00. The molecule has 6 heteroatoms. The summed E-state index contributed by atoms with van der Waals surface area (Å²) in [5.41, 5.74) is 0. The molecule has 0 aromatic heterocycles. The van der Waals surface area contributed by atoms with Gasteiger partial charge in [0.25, 0.3) is 0 Å². The van der Waals surface area contributed by atoms with E-state index in [-0.39, 0.29) is 37.5 Å². The van der Waals surface area contributed by atoms with Crippen LogP contribution in [-0.2, 0) is 28.6 Å². The molecular weight excluding hydrogens is 937 g/mol. The quantitative estimate of drug-likeness (QED) is 0.0261. The molecule has 428 valence electrons. The minimum absolute atomic E-state index is 0.108. The summed E-state index contributed by atoms with van der Waals surface area (Å²) in [6, 6.07) is 0. The zero-order valence-electron chi connectivity index (χ0n) is 49.0. The van der Waals surface area contributed by atoms with Crippen molar-refractivity contribution in [3.05, 3.63) is 146 Å². The van der Waals surface area contributed by atoms with E-state index in [2.05, 4.69) is 167 Å². The summed E-state index contributed by atoms with van der Waals surface area (Å²) in [5, 5.41) is 0. The van der Waals surface area contributed by atoms with Crippen LogP contribution in [0, 0.1) is 0 Å². The number of unbranched alkanes of at least 4 members (excludes halogenated alkanes) is 19. The first-order valence-electron chi connectivity index (χ1n) is 30.8. The van der Waals surface area contributed by atoms with Crippen molar-refractivity contribution in [3.63, 3.8) is 0 Å². The molecule has 1 unspecified atom stereocenters. The lowest BCUT2D eigenvalue weighted by Crippen LogP contribution is -2.30. The van der Waals surface area contributed by atoms with Crippen molar-refractivity contribution in [1.29, 1.82) is 0 Å². The van der Waals surface area contributed by atoms with Gasteiger partial charge in [-0.05, 0) is 141 Å². The lowest BCUT2D eigenvalue weighted by molar-refractivity contribution is -0.167. The van der Waals surface area contributed by atoms with Crippen LogP contribution >= 0.6 is 0 Å². The number of hydrogen-bond donors (Lipinski definition) is 0. The third kappa shape index (κ3) is 60.2. The summed E-state index contributed by atoms with van der Waals surface area (Å²) >= 11 is 0. The van der Waals surface area contributed by atoms with Gasteiger partial charge in [-0.15, -0.1) is 0 Å². The normalized spacial score (nSPS) is 13.1. The highest BCUT2D eigenvalue weighted by Crippen LogP contribution is 2.13. The van der Waals surface area contributed by atoms with Gasteiger partial charge in [-0.3, -0.25) is 14.4 Å². The third-order valence-electron chi connectivity index (χ3n) is 12.6. The number of esters is 3. The van der Waals surface area contributed by atoms with E-state index in [1.807, 2.05) is 0 Å². The summed E-state index contributed by atoms with van der Waals surface area (Å²) in [4.78, 5) is 38.3. The third-order valence-corrected chi connectivity index (χ3v) is 12.6. The number of rotatable bonds is 54. The highest BCUT2D eigenvalue weighted by atomic mass is 16.6. The molecule has 0 fully saturated rings. The topological polar surface area (TPSA) is 78.9 Å². The zero-order chi connectivity index (χ0) is 55.0. The fraction of sp³-hybridized carbons (Fsp3) is 0.614.